The van der Waals surface area contributed by atoms with E-state index in [0.29, 0.717) is 11.4 Å². The van der Waals surface area contributed by atoms with Gasteiger partial charge < -0.3 is 20.4 Å². The Bertz CT molecular complexity index is 1110. The van der Waals surface area contributed by atoms with E-state index < -0.39 is 11.9 Å². The molecule has 1 atom stereocenters. The van der Waals surface area contributed by atoms with Crippen LogP contribution in [0.1, 0.15) is 48.4 Å². The molecule has 1 saturated carbocycles. The fourth-order valence-electron chi connectivity index (χ4n) is 4.33. The van der Waals surface area contributed by atoms with Crippen LogP contribution in [0, 0.1) is 5.92 Å². The molecule has 2 heterocycles. The van der Waals surface area contributed by atoms with Crippen molar-refractivity contribution in [3.8, 4) is 11.3 Å². The van der Waals surface area contributed by atoms with Gasteiger partial charge in [-0.25, -0.2) is 0 Å². The van der Waals surface area contributed by atoms with Gasteiger partial charge in [0, 0.05) is 30.2 Å². The van der Waals surface area contributed by atoms with Crippen LogP contribution in [0.3, 0.4) is 0 Å². The van der Waals surface area contributed by atoms with Crippen LogP contribution in [-0.2, 0) is 16.0 Å². The molecule has 9 heteroatoms. The summed E-state index contributed by atoms with van der Waals surface area (Å²) in [5.74, 6) is 0.0531. The first-order chi connectivity index (χ1) is 16.5. The number of nitrogens with zero attached hydrogens (tertiary/aromatic N) is 1. The lowest BCUT2D eigenvalue weighted by atomic mass is 9.83. The zero-order valence-corrected chi connectivity index (χ0v) is 19.1. The molecular weight excluding hydrogens is 434 g/mol. The number of hydrogen-bond donors (Lipinski definition) is 4. The number of aromatic amines is 1. The summed E-state index contributed by atoms with van der Waals surface area (Å²) in [5, 5.41) is 14.9. The van der Waals surface area contributed by atoms with Crippen molar-refractivity contribution >= 4 is 23.4 Å². The molecule has 178 valence electrons. The summed E-state index contributed by atoms with van der Waals surface area (Å²) < 4.78 is 5.78. The molecule has 34 heavy (non-hydrogen) atoms. The average molecular weight is 464 g/mol. The maximum Gasteiger partial charge on any atom is 0.287 e. The minimum atomic E-state index is -0.573. The van der Waals surface area contributed by atoms with Crippen molar-refractivity contribution in [2.45, 2.75) is 44.6 Å². The van der Waals surface area contributed by atoms with E-state index in [1.54, 1.807) is 43.6 Å². The molecule has 0 spiro atoms. The highest BCUT2D eigenvalue weighted by Gasteiger charge is 2.31. The number of rotatable bonds is 8. The van der Waals surface area contributed by atoms with Gasteiger partial charge in [0.05, 0.1) is 6.42 Å². The summed E-state index contributed by atoms with van der Waals surface area (Å²) >= 11 is 0. The van der Waals surface area contributed by atoms with Crippen LogP contribution in [0.25, 0.3) is 11.3 Å². The third kappa shape index (κ3) is 5.72. The van der Waals surface area contributed by atoms with Gasteiger partial charge in [0.25, 0.3) is 5.91 Å². The van der Waals surface area contributed by atoms with Crippen LogP contribution in [0.5, 0.6) is 0 Å². The highest BCUT2D eigenvalue weighted by molar-refractivity contribution is 5.96. The van der Waals surface area contributed by atoms with Crippen LogP contribution in [0.15, 0.2) is 53.1 Å². The first-order valence-corrected chi connectivity index (χ1v) is 11.5. The number of furan rings is 1. The minimum Gasteiger partial charge on any atom is -0.451 e. The first kappa shape index (κ1) is 23.3. The Labute approximate surface area is 197 Å². The lowest BCUT2D eigenvalue weighted by molar-refractivity contribution is -0.124. The summed E-state index contributed by atoms with van der Waals surface area (Å²) in [5.41, 5.74) is 2.15. The smallest absolute Gasteiger partial charge is 0.287 e. The van der Waals surface area contributed by atoms with Crippen LogP contribution in [0.4, 0.5) is 5.69 Å². The predicted octanol–water partition coefficient (Wildman–Crippen LogP) is 3.28. The topological polar surface area (TPSA) is 129 Å². The number of carbonyl (C=O) groups excluding carboxylic acids is 3. The average Bonchev–Trinajstić information content (AvgIpc) is 3.55. The number of hydrogen-bond acceptors (Lipinski definition) is 5. The van der Waals surface area contributed by atoms with Gasteiger partial charge in [-0.05, 0) is 61.2 Å². The first-order valence-electron chi connectivity index (χ1n) is 11.5. The van der Waals surface area contributed by atoms with E-state index in [-0.39, 0.29) is 29.9 Å². The highest BCUT2D eigenvalue weighted by atomic mass is 16.4. The second-order valence-electron chi connectivity index (χ2n) is 8.51. The summed E-state index contributed by atoms with van der Waals surface area (Å²) in [4.78, 5) is 37.4. The van der Waals surface area contributed by atoms with Gasteiger partial charge in [-0.1, -0.05) is 19.3 Å². The lowest BCUT2D eigenvalue weighted by Gasteiger charge is -2.29. The van der Waals surface area contributed by atoms with E-state index in [1.165, 1.54) is 6.42 Å². The van der Waals surface area contributed by atoms with Crippen LogP contribution >= 0.6 is 0 Å². The van der Waals surface area contributed by atoms with Gasteiger partial charge in [-0.3, -0.25) is 19.5 Å². The number of benzene rings is 1. The quantitative estimate of drug-likeness (QED) is 0.407. The Morgan fingerprint density at radius 3 is 2.50 bits per heavy atom. The van der Waals surface area contributed by atoms with Gasteiger partial charge in [-0.15, -0.1) is 0 Å². The molecule has 1 fully saturated rings. The SMILES string of the molecule is CNC(=O)[C@H](NC(=O)c1ccc(-c2ccc(NC(=O)Cc3ccn[nH]3)cc2)o1)C1CCCCC1. The molecule has 0 saturated heterocycles. The van der Waals surface area contributed by atoms with Crippen LogP contribution < -0.4 is 16.0 Å². The zero-order chi connectivity index (χ0) is 23.9. The molecule has 3 aromatic rings. The predicted molar refractivity (Wildman–Crippen MR) is 127 cm³/mol. The van der Waals surface area contributed by atoms with E-state index >= 15 is 0 Å². The Morgan fingerprint density at radius 1 is 1.06 bits per heavy atom. The van der Waals surface area contributed by atoms with E-state index in [2.05, 4.69) is 26.1 Å². The van der Waals surface area contributed by atoms with Gasteiger partial charge in [0.15, 0.2) is 5.76 Å². The molecule has 1 aliphatic carbocycles. The molecule has 0 bridgehead atoms. The van der Waals surface area contributed by atoms with E-state index in [9.17, 15) is 14.4 Å². The molecule has 1 aromatic carbocycles. The molecule has 3 amide bonds. The Kier molecular flexibility index (Phi) is 7.41. The molecule has 4 N–H and O–H groups in total. The number of nitrogens with one attached hydrogen (secondary N) is 4. The van der Waals surface area contributed by atoms with Crippen molar-refractivity contribution < 1.29 is 18.8 Å². The third-order valence-corrected chi connectivity index (χ3v) is 6.13. The second kappa shape index (κ2) is 10.8. The number of amides is 3. The van der Waals surface area contributed by atoms with Gasteiger partial charge in [-0.2, -0.15) is 5.10 Å². The standard InChI is InChI=1S/C25H29N5O4/c1-26-25(33)23(17-5-3-2-4-6-17)29-24(32)21-12-11-20(34-21)16-7-9-18(10-8-16)28-22(31)15-19-13-14-27-30-19/h7-14,17,23H,2-6,15H2,1H3,(H,26,33)(H,27,30)(H,28,31)(H,29,32)/t23-/m1/s1. The van der Waals surface area contributed by atoms with E-state index in [0.717, 1.165) is 36.9 Å². The molecule has 9 nitrogen and oxygen atoms in total. The molecule has 0 unspecified atom stereocenters. The van der Waals surface area contributed by atoms with Crippen molar-refractivity contribution in [3.05, 3.63) is 60.1 Å². The van der Waals surface area contributed by atoms with Gasteiger partial charge in [0.1, 0.15) is 11.8 Å². The Morgan fingerprint density at radius 2 is 1.82 bits per heavy atom. The molecule has 1 aliphatic rings. The summed E-state index contributed by atoms with van der Waals surface area (Å²) in [7, 11) is 1.58. The zero-order valence-electron chi connectivity index (χ0n) is 19.1. The van der Waals surface area contributed by atoms with Crippen molar-refractivity contribution in [3.63, 3.8) is 0 Å². The van der Waals surface area contributed by atoms with Crippen molar-refractivity contribution in [2.75, 3.05) is 12.4 Å². The number of anilines is 1. The minimum absolute atomic E-state index is 0.128. The lowest BCUT2D eigenvalue weighted by Crippen LogP contribution is -2.50. The fourth-order valence-corrected chi connectivity index (χ4v) is 4.33. The maximum atomic E-state index is 12.8. The molecular formula is C25H29N5O4. The van der Waals surface area contributed by atoms with Gasteiger partial charge >= 0.3 is 0 Å². The van der Waals surface area contributed by atoms with Gasteiger partial charge in [0.2, 0.25) is 11.8 Å². The fraction of sp³-hybridized carbons (Fsp3) is 0.360. The summed E-state index contributed by atoms with van der Waals surface area (Å²) in [6, 6.07) is 11.7. The molecule has 0 aliphatic heterocycles. The van der Waals surface area contributed by atoms with Crippen LogP contribution in [0.2, 0.25) is 0 Å². The normalized spacial score (nSPS) is 14.9. The molecule has 0 radical (unpaired) electrons. The van der Waals surface area contributed by atoms with Crippen LogP contribution in [-0.4, -0.2) is 41.0 Å². The number of carbonyl (C=O) groups is 3. The second-order valence-corrected chi connectivity index (χ2v) is 8.51. The van der Waals surface area contributed by atoms with Crippen molar-refractivity contribution in [2.24, 2.45) is 5.92 Å². The maximum absolute atomic E-state index is 12.8. The van der Waals surface area contributed by atoms with Crippen molar-refractivity contribution in [1.29, 1.82) is 0 Å². The highest BCUT2D eigenvalue weighted by Crippen LogP contribution is 2.28. The largest absolute Gasteiger partial charge is 0.451 e. The van der Waals surface area contributed by atoms with E-state index in [4.69, 9.17) is 4.42 Å². The third-order valence-electron chi connectivity index (χ3n) is 6.13. The summed E-state index contributed by atoms with van der Waals surface area (Å²) in [6.45, 7) is 0. The number of H-pyrrole nitrogens is 1. The monoisotopic (exact) mass is 463 g/mol. The number of likely N-dealkylation sites (N-methyl/N-ethyl adjacent to an activating group) is 1. The summed E-state index contributed by atoms with van der Waals surface area (Å²) in [6.07, 6.45) is 6.95. The van der Waals surface area contributed by atoms with Crippen molar-refractivity contribution in [1.82, 2.24) is 20.8 Å². The number of aromatic nitrogens is 2. The molecule has 4 rings (SSSR count). The Hall–Kier alpha value is -3.88. The Balaban J connectivity index is 1.38. The molecule has 2 aromatic heterocycles. The van der Waals surface area contributed by atoms with E-state index in [1.807, 2.05) is 12.1 Å².